The topological polar surface area (TPSA) is 67.8 Å². The zero-order chi connectivity index (χ0) is 13.6. The van der Waals surface area contributed by atoms with Gasteiger partial charge in [0, 0.05) is 26.4 Å². The van der Waals surface area contributed by atoms with Crippen LogP contribution in [0, 0.1) is 11.8 Å². The fourth-order valence-electron chi connectivity index (χ4n) is 2.08. The van der Waals surface area contributed by atoms with Crippen molar-refractivity contribution in [2.75, 3.05) is 26.4 Å². The Morgan fingerprint density at radius 1 is 1.33 bits per heavy atom. The van der Waals surface area contributed by atoms with Gasteiger partial charge in [0.25, 0.3) is 0 Å². The number of alkyl carbamates (subject to hydrolysis) is 1. The molecule has 0 aromatic rings. The molecular weight excluding hydrogens is 234 g/mol. The van der Waals surface area contributed by atoms with Gasteiger partial charge in [-0.3, -0.25) is 0 Å². The van der Waals surface area contributed by atoms with Gasteiger partial charge in [0.05, 0.1) is 0 Å². The van der Waals surface area contributed by atoms with Crippen molar-refractivity contribution in [3.63, 3.8) is 0 Å². The second kappa shape index (κ2) is 6.95. The summed E-state index contributed by atoms with van der Waals surface area (Å²) in [6.07, 6.45) is 1.31. The maximum Gasteiger partial charge on any atom is 0.407 e. The summed E-state index contributed by atoms with van der Waals surface area (Å²) < 4.78 is 10.6. The minimum atomic E-state index is -0.479. The van der Waals surface area contributed by atoms with E-state index in [0.29, 0.717) is 19.8 Å². The van der Waals surface area contributed by atoms with Crippen LogP contribution in [-0.4, -0.2) is 43.2 Å². The Bertz CT molecular complexity index is 262. The SMILES string of the molecule is CC(C)(C)OC(=O)NCC1CCOCCC1CO. The minimum absolute atomic E-state index is 0.143. The number of hydrogen-bond donors (Lipinski definition) is 2. The highest BCUT2D eigenvalue weighted by Gasteiger charge is 2.24. The van der Waals surface area contributed by atoms with Gasteiger partial charge in [0.2, 0.25) is 0 Å². The Morgan fingerprint density at radius 3 is 2.50 bits per heavy atom. The van der Waals surface area contributed by atoms with Crippen molar-refractivity contribution in [3.8, 4) is 0 Å². The summed E-state index contributed by atoms with van der Waals surface area (Å²) in [7, 11) is 0. The molecule has 0 radical (unpaired) electrons. The lowest BCUT2D eigenvalue weighted by atomic mass is 9.88. The van der Waals surface area contributed by atoms with Crippen molar-refractivity contribution < 1.29 is 19.4 Å². The van der Waals surface area contributed by atoms with E-state index in [1.165, 1.54) is 0 Å². The van der Waals surface area contributed by atoms with Crippen molar-refractivity contribution in [1.29, 1.82) is 0 Å². The van der Waals surface area contributed by atoms with Crippen LogP contribution in [0.25, 0.3) is 0 Å². The number of hydrogen-bond acceptors (Lipinski definition) is 4. The number of amides is 1. The molecule has 0 spiro atoms. The molecule has 0 aromatic carbocycles. The van der Waals surface area contributed by atoms with Crippen molar-refractivity contribution in [1.82, 2.24) is 5.32 Å². The van der Waals surface area contributed by atoms with E-state index in [9.17, 15) is 9.90 Å². The van der Waals surface area contributed by atoms with Gasteiger partial charge in [-0.05, 0) is 45.4 Å². The minimum Gasteiger partial charge on any atom is -0.444 e. The third kappa shape index (κ3) is 5.69. The molecule has 1 aliphatic rings. The van der Waals surface area contributed by atoms with Crippen molar-refractivity contribution in [2.45, 2.75) is 39.2 Å². The van der Waals surface area contributed by atoms with E-state index >= 15 is 0 Å². The fraction of sp³-hybridized carbons (Fsp3) is 0.923. The molecular formula is C13H25NO4. The van der Waals surface area contributed by atoms with Crippen LogP contribution in [0.15, 0.2) is 0 Å². The Balaban J connectivity index is 2.37. The van der Waals surface area contributed by atoms with Crippen LogP contribution in [0.2, 0.25) is 0 Å². The third-order valence-electron chi connectivity index (χ3n) is 3.07. The summed E-state index contributed by atoms with van der Waals surface area (Å²) in [5.41, 5.74) is -0.479. The first-order chi connectivity index (χ1) is 8.42. The summed E-state index contributed by atoms with van der Waals surface area (Å²) in [6.45, 7) is 7.56. The van der Waals surface area contributed by atoms with E-state index in [-0.39, 0.29) is 18.4 Å². The van der Waals surface area contributed by atoms with Gasteiger partial charge >= 0.3 is 6.09 Å². The van der Waals surface area contributed by atoms with Crippen LogP contribution in [0.3, 0.4) is 0 Å². The first kappa shape index (κ1) is 15.2. The zero-order valence-electron chi connectivity index (χ0n) is 11.6. The molecule has 0 aromatic heterocycles. The van der Waals surface area contributed by atoms with Crippen molar-refractivity contribution in [3.05, 3.63) is 0 Å². The molecule has 18 heavy (non-hydrogen) atoms. The third-order valence-corrected chi connectivity index (χ3v) is 3.07. The number of aliphatic hydroxyl groups excluding tert-OH is 1. The average Bonchev–Trinajstić information content (AvgIpc) is 2.48. The van der Waals surface area contributed by atoms with E-state index in [4.69, 9.17) is 9.47 Å². The lowest BCUT2D eigenvalue weighted by Crippen LogP contribution is -2.37. The quantitative estimate of drug-likeness (QED) is 0.807. The molecule has 1 fully saturated rings. The number of ether oxygens (including phenoxy) is 2. The van der Waals surface area contributed by atoms with Crippen LogP contribution in [0.1, 0.15) is 33.6 Å². The predicted molar refractivity (Wildman–Crippen MR) is 68.4 cm³/mol. The highest BCUT2D eigenvalue weighted by atomic mass is 16.6. The Labute approximate surface area is 109 Å². The molecule has 1 saturated heterocycles. The van der Waals surface area contributed by atoms with Gasteiger partial charge in [-0.25, -0.2) is 4.79 Å². The van der Waals surface area contributed by atoms with E-state index in [1.807, 2.05) is 20.8 Å². The van der Waals surface area contributed by atoms with Gasteiger partial charge < -0.3 is 19.9 Å². The van der Waals surface area contributed by atoms with E-state index < -0.39 is 11.7 Å². The second-order valence-corrected chi connectivity index (χ2v) is 5.78. The lowest BCUT2D eigenvalue weighted by molar-refractivity contribution is 0.0504. The number of nitrogens with one attached hydrogen (secondary N) is 1. The van der Waals surface area contributed by atoms with Crippen LogP contribution in [0.5, 0.6) is 0 Å². The van der Waals surface area contributed by atoms with E-state index in [0.717, 1.165) is 12.8 Å². The van der Waals surface area contributed by atoms with Crippen molar-refractivity contribution >= 4 is 6.09 Å². The largest absolute Gasteiger partial charge is 0.444 e. The van der Waals surface area contributed by atoms with Gasteiger partial charge in [0.15, 0.2) is 0 Å². The number of aliphatic hydroxyl groups is 1. The smallest absolute Gasteiger partial charge is 0.407 e. The second-order valence-electron chi connectivity index (χ2n) is 5.78. The lowest BCUT2D eigenvalue weighted by Gasteiger charge is -2.24. The van der Waals surface area contributed by atoms with Crippen LogP contribution in [0.4, 0.5) is 4.79 Å². The first-order valence-corrected chi connectivity index (χ1v) is 6.58. The van der Waals surface area contributed by atoms with Gasteiger partial charge in [-0.1, -0.05) is 0 Å². The van der Waals surface area contributed by atoms with Gasteiger partial charge in [-0.15, -0.1) is 0 Å². The normalized spacial score (nSPS) is 25.3. The Morgan fingerprint density at radius 2 is 1.94 bits per heavy atom. The predicted octanol–water partition coefficient (Wildman–Crippen LogP) is 1.55. The number of carbonyl (C=O) groups excluding carboxylic acids is 1. The summed E-state index contributed by atoms with van der Waals surface area (Å²) in [5, 5.41) is 12.1. The first-order valence-electron chi connectivity index (χ1n) is 6.58. The summed E-state index contributed by atoms with van der Waals surface area (Å²) in [6, 6.07) is 0. The maximum absolute atomic E-state index is 11.6. The molecule has 1 rings (SSSR count). The van der Waals surface area contributed by atoms with Crippen LogP contribution in [-0.2, 0) is 9.47 Å². The molecule has 1 aliphatic heterocycles. The highest BCUT2D eigenvalue weighted by molar-refractivity contribution is 5.67. The molecule has 1 amide bonds. The zero-order valence-corrected chi connectivity index (χ0v) is 11.6. The van der Waals surface area contributed by atoms with Crippen molar-refractivity contribution in [2.24, 2.45) is 11.8 Å². The molecule has 2 unspecified atom stereocenters. The summed E-state index contributed by atoms with van der Waals surface area (Å²) in [4.78, 5) is 11.6. The monoisotopic (exact) mass is 259 g/mol. The molecule has 0 saturated carbocycles. The standard InChI is InChI=1S/C13H25NO4/c1-13(2,3)18-12(16)14-8-10-4-6-17-7-5-11(10)9-15/h10-11,15H,4-9H2,1-3H3,(H,14,16). The van der Waals surface area contributed by atoms with Gasteiger partial charge in [-0.2, -0.15) is 0 Å². The molecule has 2 N–H and O–H groups in total. The Hall–Kier alpha value is -0.810. The molecule has 2 atom stereocenters. The van der Waals surface area contributed by atoms with E-state index in [1.54, 1.807) is 0 Å². The Kier molecular flexibility index (Phi) is 5.88. The number of carbonyl (C=O) groups is 1. The van der Waals surface area contributed by atoms with Crippen LogP contribution >= 0.6 is 0 Å². The molecule has 5 nitrogen and oxygen atoms in total. The maximum atomic E-state index is 11.6. The molecule has 0 aliphatic carbocycles. The molecule has 0 bridgehead atoms. The summed E-state index contributed by atoms with van der Waals surface area (Å²) >= 11 is 0. The summed E-state index contributed by atoms with van der Waals surface area (Å²) in [5.74, 6) is 0.451. The highest BCUT2D eigenvalue weighted by Crippen LogP contribution is 2.22. The van der Waals surface area contributed by atoms with Crippen LogP contribution < -0.4 is 5.32 Å². The van der Waals surface area contributed by atoms with E-state index in [2.05, 4.69) is 5.32 Å². The van der Waals surface area contributed by atoms with Gasteiger partial charge in [0.1, 0.15) is 5.60 Å². The number of rotatable bonds is 3. The fourth-order valence-corrected chi connectivity index (χ4v) is 2.08. The average molecular weight is 259 g/mol. The molecule has 106 valence electrons. The molecule has 5 heteroatoms. The molecule has 1 heterocycles.